The highest BCUT2D eigenvalue weighted by Crippen LogP contribution is 2.27. The van der Waals surface area contributed by atoms with Gasteiger partial charge in [-0.05, 0) is 70.0 Å². The van der Waals surface area contributed by atoms with Crippen LogP contribution in [-0.2, 0) is 4.79 Å². The summed E-state index contributed by atoms with van der Waals surface area (Å²) in [6, 6.07) is 10.2. The number of likely N-dealkylation sites (tertiary alicyclic amines) is 1. The Morgan fingerprint density at radius 1 is 1.26 bits per heavy atom. The van der Waals surface area contributed by atoms with Crippen molar-refractivity contribution in [1.29, 1.82) is 0 Å². The molecular formula is C26H30N4O5. The van der Waals surface area contributed by atoms with E-state index >= 15 is 0 Å². The van der Waals surface area contributed by atoms with Gasteiger partial charge in [-0.3, -0.25) is 4.79 Å². The van der Waals surface area contributed by atoms with Gasteiger partial charge in [-0.2, -0.15) is 0 Å². The molecule has 35 heavy (non-hydrogen) atoms. The van der Waals surface area contributed by atoms with Gasteiger partial charge in [0.05, 0.1) is 6.04 Å². The number of hydrogen-bond donors (Lipinski definition) is 3. The van der Waals surface area contributed by atoms with Gasteiger partial charge in [0.15, 0.2) is 5.76 Å². The fourth-order valence-corrected chi connectivity index (χ4v) is 4.42. The van der Waals surface area contributed by atoms with Gasteiger partial charge in [0.1, 0.15) is 17.8 Å². The molecule has 2 aliphatic rings. The second-order valence-corrected chi connectivity index (χ2v) is 9.38. The zero-order valence-corrected chi connectivity index (χ0v) is 19.7. The third kappa shape index (κ3) is 5.47. The van der Waals surface area contributed by atoms with Crippen LogP contribution in [0.25, 0.3) is 11.0 Å². The molecule has 2 aromatic heterocycles. The predicted molar refractivity (Wildman–Crippen MR) is 130 cm³/mol. The lowest BCUT2D eigenvalue weighted by atomic mass is 10.0. The summed E-state index contributed by atoms with van der Waals surface area (Å²) in [5, 5.41) is 27.8. The number of nitrogens with one attached hydrogen (secondary N) is 1. The van der Waals surface area contributed by atoms with Crippen LogP contribution in [0.3, 0.4) is 0 Å². The van der Waals surface area contributed by atoms with Crippen molar-refractivity contribution in [3.63, 3.8) is 0 Å². The number of aliphatic hydroxyl groups excluding tert-OH is 1. The number of rotatable bonds is 9. The average Bonchev–Trinajstić information content (AvgIpc) is 3.34. The van der Waals surface area contributed by atoms with Gasteiger partial charge in [-0.1, -0.05) is 16.8 Å². The van der Waals surface area contributed by atoms with Gasteiger partial charge in [-0.15, -0.1) is 0 Å². The maximum absolute atomic E-state index is 13.2. The summed E-state index contributed by atoms with van der Waals surface area (Å²) in [7, 11) is 0. The van der Waals surface area contributed by atoms with Crippen LogP contribution in [0, 0.1) is 6.92 Å². The van der Waals surface area contributed by atoms with Crippen LogP contribution in [-0.4, -0.2) is 63.6 Å². The van der Waals surface area contributed by atoms with E-state index < -0.39 is 18.1 Å². The molecule has 1 aromatic carbocycles. The Morgan fingerprint density at radius 3 is 2.74 bits per heavy atom. The summed E-state index contributed by atoms with van der Waals surface area (Å²) in [6.07, 6.45) is 5.03. The van der Waals surface area contributed by atoms with Crippen molar-refractivity contribution < 1.29 is 24.3 Å². The van der Waals surface area contributed by atoms with Crippen LogP contribution < -0.4 is 10.1 Å². The molecule has 9 nitrogen and oxygen atoms in total. The van der Waals surface area contributed by atoms with E-state index in [1.54, 1.807) is 24.4 Å². The topological polar surface area (TPSA) is 120 Å². The van der Waals surface area contributed by atoms with E-state index in [1.807, 2.05) is 25.1 Å². The Labute approximate surface area is 203 Å². The first-order valence-corrected chi connectivity index (χ1v) is 12.1. The number of aromatic nitrogens is 1. The second-order valence-electron chi connectivity index (χ2n) is 9.38. The largest absolute Gasteiger partial charge is 0.474 e. The molecule has 1 aliphatic carbocycles. The molecule has 184 valence electrons. The first kappa shape index (κ1) is 23.3. The number of benzene rings is 1. The van der Waals surface area contributed by atoms with Crippen molar-refractivity contribution in [3.8, 4) is 5.88 Å². The molecule has 1 amide bonds. The normalized spacial score (nSPS) is 18.5. The minimum atomic E-state index is -1.01. The third-order valence-electron chi connectivity index (χ3n) is 6.48. The summed E-state index contributed by atoms with van der Waals surface area (Å²) in [4.78, 5) is 19.7. The van der Waals surface area contributed by atoms with Gasteiger partial charge in [0.25, 0.3) is 5.91 Å². The molecule has 5 rings (SSSR count). The van der Waals surface area contributed by atoms with Crippen LogP contribution in [0.2, 0.25) is 0 Å². The maximum Gasteiger partial charge on any atom is 0.277 e. The van der Waals surface area contributed by atoms with Crippen molar-refractivity contribution in [3.05, 3.63) is 59.5 Å². The van der Waals surface area contributed by atoms with Crippen LogP contribution in [0.1, 0.15) is 48.7 Å². The predicted octanol–water partition coefficient (Wildman–Crippen LogP) is 3.17. The quantitative estimate of drug-likeness (QED) is 0.245. The number of carbonyl (C=O) groups is 1. The molecule has 2 fully saturated rings. The van der Waals surface area contributed by atoms with E-state index in [1.165, 1.54) is 0 Å². The van der Waals surface area contributed by atoms with Crippen molar-refractivity contribution in [2.75, 3.05) is 19.6 Å². The molecule has 0 unspecified atom stereocenters. The number of oxime groups is 1. The molecule has 3 heterocycles. The number of fused-ring (bicyclic) bond motifs is 1. The second kappa shape index (κ2) is 10.1. The number of nitrogens with zero attached hydrogens (tertiary/aromatic N) is 3. The molecule has 1 saturated heterocycles. The van der Waals surface area contributed by atoms with Gasteiger partial charge >= 0.3 is 0 Å². The molecule has 9 heteroatoms. The number of hydrogen-bond acceptors (Lipinski definition) is 8. The highest BCUT2D eigenvalue weighted by atomic mass is 16.5. The van der Waals surface area contributed by atoms with E-state index in [0.717, 1.165) is 49.7 Å². The van der Waals surface area contributed by atoms with Crippen molar-refractivity contribution in [2.45, 2.75) is 50.9 Å². The monoisotopic (exact) mass is 478 g/mol. The van der Waals surface area contributed by atoms with E-state index in [-0.39, 0.29) is 17.6 Å². The highest BCUT2D eigenvalue weighted by molar-refractivity contribution is 6.44. The van der Waals surface area contributed by atoms with E-state index in [0.29, 0.717) is 23.6 Å². The SMILES string of the molecule is Cc1ccc2oc(/C(=N\O)C(=O)N[C@H](CN3CCCC3)[C@H](O)c3ccc(OC4CC4)nc3)cc2c1. The summed E-state index contributed by atoms with van der Waals surface area (Å²) in [5.74, 6) is 0.0508. The lowest BCUT2D eigenvalue weighted by molar-refractivity contribution is -0.116. The molecule has 0 bridgehead atoms. The molecule has 3 aromatic rings. The minimum Gasteiger partial charge on any atom is -0.474 e. The Bertz CT molecular complexity index is 1210. The third-order valence-corrected chi connectivity index (χ3v) is 6.48. The molecule has 1 aliphatic heterocycles. The Balaban J connectivity index is 1.34. The zero-order chi connectivity index (χ0) is 24.4. The van der Waals surface area contributed by atoms with Gasteiger partial charge in [0, 0.05) is 29.8 Å². The number of pyridine rings is 1. The number of carbonyl (C=O) groups excluding carboxylic acids is 1. The maximum atomic E-state index is 13.2. The Kier molecular flexibility index (Phi) is 6.70. The molecule has 0 spiro atoms. The van der Waals surface area contributed by atoms with Crippen molar-refractivity contribution >= 4 is 22.6 Å². The molecule has 3 N–H and O–H groups in total. The van der Waals surface area contributed by atoms with Gasteiger partial charge in [-0.25, -0.2) is 4.98 Å². The van der Waals surface area contributed by atoms with E-state index in [9.17, 15) is 15.1 Å². The average molecular weight is 479 g/mol. The molecular weight excluding hydrogens is 448 g/mol. The lowest BCUT2D eigenvalue weighted by Gasteiger charge is -2.28. The van der Waals surface area contributed by atoms with Gasteiger partial charge < -0.3 is 29.7 Å². The van der Waals surface area contributed by atoms with Crippen LogP contribution >= 0.6 is 0 Å². The smallest absolute Gasteiger partial charge is 0.277 e. The Hall–Kier alpha value is -3.43. The highest BCUT2D eigenvalue weighted by Gasteiger charge is 2.30. The standard InChI is InChI=1S/C26H30N4O5/c1-16-4-8-21-18(12-16)13-22(35-21)24(29-33)26(32)28-20(15-30-10-2-3-11-30)25(31)17-5-9-23(27-14-17)34-19-6-7-19/h4-5,8-9,12-14,19-20,25,31,33H,2-3,6-7,10-11,15H2,1H3,(H,28,32)/b29-24+/t20-,25-/m1/s1. The Morgan fingerprint density at radius 2 is 2.06 bits per heavy atom. The number of ether oxygens (including phenoxy) is 1. The van der Waals surface area contributed by atoms with Crippen LogP contribution in [0.4, 0.5) is 0 Å². The number of amides is 1. The van der Waals surface area contributed by atoms with E-state index in [2.05, 4.69) is 20.4 Å². The number of aliphatic hydroxyl groups is 1. The summed E-state index contributed by atoms with van der Waals surface area (Å²) < 4.78 is 11.5. The van der Waals surface area contributed by atoms with Crippen molar-refractivity contribution in [1.82, 2.24) is 15.2 Å². The zero-order valence-electron chi connectivity index (χ0n) is 19.7. The molecule has 0 radical (unpaired) electrons. The van der Waals surface area contributed by atoms with Crippen LogP contribution in [0.5, 0.6) is 5.88 Å². The fourth-order valence-electron chi connectivity index (χ4n) is 4.42. The van der Waals surface area contributed by atoms with E-state index in [4.69, 9.17) is 9.15 Å². The minimum absolute atomic E-state index is 0.156. The first-order valence-electron chi connectivity index (χ1n) is 12.1. The lowest BCUT2D eigenvalue weighted by Crippen LogP contribution is -2.48. The van der Waals surface area contributed by atoms with Crippen LogP contribution in [0.15, 0.2) is 52.2 Å². The first-order chi connectivity index (χ1) is 17.0. The fraction of sp³-hybridized carbons (Fsp3) is 0.423. The summed E-state index contributed by atoms with van der Waals surface area (Å²) in [6.45, 7) is 4.21. The number of aryl methyl sites for hydroxylation is 1. The van der Waals surface area contributed by atoms with Gasteiger partial charge in [0.2, 0.25) is 11.6 Å². The summed E-state index contributed by atoms with van der Waals surface area (Å²) in [5.41, 5.74) is 1.96. The molecule has 2 atom stereocenters. The summed E-state index contributed by atoms with van der Waals surface area (Å²) >= 11 is 0. The number of furan rings is 1. The van der Waals surface area contributed by atoms with Crippen molar-refractivity contribution in [2.24, 2.45) is 5.16 Å². The molecule has 1 saturated carbocycles.